The van der Waals surface area contributed by atoms with Gasteiger partial charge in [0.05, 0.1) is 6.26 Å². The summed E-state index contributed by atoms with van der Waals surface area (Å²) in [6.07, 6.45) is 3.37. The van der Waals surface area contributed by atoms with Crippen molar-refractivity contribution in [1.29, 1.82) is 0 Å². The first kappa shape index (κ1) is 15.9. The van der Waals surface area contributed by atoms with Gasteiger partial charge in [-0.25, -0.2) is 12.7 Å². The van der Waals surface area contributed by atoms with Crippen molar-refractivity contribution < 1.29 is 13.2 Å². The van der Waals surface area contributed by atoms with Crippen molar-refractivity contribution in [3.63, 3.8) is 0 Å². The predicted molar refractivity (Wildman–Crippen MR) is 73.1 cm³/mol. The van der Waals surface area contributed by atoms with Crippen LogP contribution in [0, 0.1) is 11.8 Å². The predicted octanol–water partition coefficient (Wildman–Crippen LogP) is 0.530. The highest BCUT2D eigenvalue weighted by molar-refractivity contribution is 7.88. The summed E-state index contributed by atoms with van der Waals surface area (Å²) in [6.45, 7) is 6.04. The molecule has 1 saturated heterocycles. The van der Waals surface area contributed by atoms with Crippen LogP contribution in [0.1, 0.15) is 19.8 Å². The molecule has 2 unspecified atom stereocenters. The van der Waals surface area contributed by atoms with Crippen molar-refractivity contribution in [2.75, 3.05) is 46.2 Å². The Morgan fingerprint density at radius 3 is 2.83 bits per heavy atom. The molecule has 0 amide bonds. The van der Waals surface area contributed by atoms with Crippen molar-refractivity contribution in [1.82, 2.24) is 9.62 Å². The maximum atomic E-state index is 11.5. The van der Waals surface area contributed by atoms with E-state index in [1.54, 1.807) is 11.4 Å². The molecule has 0 bridgehead atoms. The van der Waals surface area contributed by atoms with E-state index < -0.39 is 10.0 Å². The maximum absolute atomic E-state index is 11.5. The highest BCUT2D eigenvalue weighted by atomic mass is 32.2. The van der Waals surface area contributed by atoms with Gasteiger partial charge in [0.15, 0.2) is 0 Å². The smallest absolute Gasteiger partial charge is 0.211 e. The number of hydrogen-bond donors (Lipinski definition) is 1. The van der Waals surface area contributed by atoms with Crippen LogP contribution in [0.2, 0.25) is 0 Å². The molecule has 1 fully saturated rings. The zero-order chi connectivity index (χ0) is 13.6. The first-order valence-electron chi connectivity index (χ1n) is 6.58. The summed E-state index contributed by atoms with van der Waals surface area (Å²) in [4.78, 5) is 0. The van der Waals surface area contributed by atoms with Crippen molar-refractivity contribution in [3.8, 4) is 0 Å². The summed E-state index contributed by atoms with van der Waals surface area (Å²) >= 11 is 0. The van der Waals surface area contributed by atoms with Gasteiger partial charge in [-0.05, 0) is 37.8 Å². The van der Waals surface area contributed by atoms with Crippen LogP contribution < -0.4 is 5.32 Å². The molecule has 108 valence electrons. The average Bonchev–Trinajstić information content (AvgIpc) is 2.29. The minimum absolute atomic E-state index is 0.434. The Balaban J connectivity index is 2.26. The Hall–Kier alpha value is -0.170. The van der Waals surface area contributed by atoms with E-state index in [0.29, 0.717) is 24.9 Å². The van der Waals surface area contributed by atoms with Gasteiger partial charge < -0.3 is 10.1 Å². The topological polar surface area (TPSA) is 58.6 Å². The molecule has 0 radical (unpaired) electrons. The van der Waals surface area contributed by atoms with Crippen LogP contribution >= 0.6 is 0 Å². The molecule has 0 aliphatic carbocycles. The van der Waals surface area contributed by atoms with Crippen LogP contribution in [-0.2, 0) is 14.8 Å². The molecule has 1 rings (SSSR count). The fraction of sp³-hybridized carbons (Fsp3) is 1.00. The number of nitrogens with one attached hydrogen (secondary N) is 1. The minimum Gasteiger partial charge on any atom is -0.384 e. The summed E-state index contributed by atoms with van der Waals surface area (Å²) in [5.41, 5.74) is 0. The third-order valence-electron chi connectivity index (χ3n) is 3.33. The average molecular weight is 278 g/mol. The lowest BCUT2D eigenvalue weighted by Crippen LogP contribution is -2.42. The summed E-state index contributed by atoms with van der Waals surface area (Å²) in [5, 5.41) is 3.41. The van der Waals surface area contributed by atoms with Gasteiger partial charge >= 0.3 is 0 Å². The number of sulfonamides is 1. The first-order valence-corrected chi connectivity index (χ1v) is 8.43. The van der Waals surface area contributed by atoms with Gasteiger partial charge in [0, 0.05) is 26.8 Å². The molecule has 1 N–H and O–H groups in total. The lowest BCUT2D eigenvalue weighted by Gasteiger charge is -2.31. The molecule has 0 aromatic rings. The highest BCUT2D eigenvalue weighted by Crippen LogP contribution is 2.17. The quantitative estimate of drug-likeness (QED) is 0.738. The second kappa shape index (κ2) is 7.43. The van der Waals surface area contributed by atoms with Gasteiger partial charge in [-0.15, -0.1) is 0 Å². The number of rotatable bonds is 7. The third kappa shape index (κ3) is 5.65. The van der Waals surface area contributed by atoms with Crippen LogP contribution in [-0.4, -0.2) is 58.9 Å². The van der Waals surface area contributed by atoms with Gasteiger partial charge in [-0.1, -0.05) is 6.92 Å². The number of methoxy groups -OCH3 is 1. The van der Waals surface area contributed by atoms with E-state index in [4.69, 9.17) is 4.74 Å². The van der Waals surface area contributed by atoms with Crippen LogP contribution in [0.4, 0.5) is 0 Å². The third-order valence-corrected chi connectivity index (χ3v) is 4.60. The SMILES string of the molecule is COCC(C)CNCC1CCCN(S(C)(=O)=O)C1. The molecular weight excluding hydrogens is 252 g/mol. The zero-order valence-corrected chi connectivity index (χ0v) is 12.5. The molecule has 0 aromatic heterocycles. The van der Waals surface area contributed by atoms with E-state index in [1.165, 1.54) is 6.26 Å². The summed E-state index contributed by atoms with van der Waals surface area (Å²) < 4.78 is 29.7. The van der Waals surface area contributed by atoms with E-state index in [9.17, 15) is 8.42 Å². The Morgan fingerprint density at radius 2 is 2.22 bits per heavy atom. The summed E-state index contributed by atoms with van der Waals surface area (Å²) in [7, 11) is -1.31. The van der Waals surface area contributed by atoms with Crippen LogP contribution in [0.25, 0.3) is 0 Å². The van der Waals surface area contributed by atoms with Gasteiger partial charge in [0.1, 0.15) is 0 Å². The number of nitrogens with zero attached hydrogens (tertiary/aromatic N) is 1. The van der Waals surface area contributed by atoms with E-state index in [-0.39, 0.29) is 0 Å². The minimum atomic E-state index is -3.02. The van der Waals surface area contributed by atoms with Crippen LogP contribution in [0.5, 0.6) is 0 Å². The van der Waals surface area contributed by atoms with Gasteiger partial charge in [0.25, 0.3) is 0 Å². The lowest BCUT2D eigenvalue weighted by atomic mass is 9.99. The Morgan fingerprint density at radius 1 is 1.50 bits per heavy atom. The van der Waals surface area contributed by atoms with Crippen molar-refractivity contribution in [2.45, 2.75) is 19.8 Å². The van der Waals surface area contributed by atoms with Gasteiger partial charge in [-0.3, -0.25) is 0 Å². The normalized spacial score (nSPS) is 24.1. The van der Waals surface area contributed by atoms with E-state index >= 15 is 0 Å². The number of piperidine rings is 1. The second-order valence-electron chi connectivity index (χ2n) is 5.35. The number of ether oxygens (including phenoxy) is 1. The van der Waals surface area contributed by atoms with Crippen LogP contribution in [0.3, 0.4) is 0 Å². The number of hydrogen-bond acceptors (Lipinski definition) is 4. The van der Waals surface area contributed by atoms with Gasteiger partial charge in [0.2, 0.25) is 10.0 Å². The van der Waals surface area contributed by atoms with E-state index in [0.717, 1.165) is 32.5 Å². The maximum Gasteiger partial charge on any atom is 0.211 e. The second-order valence-corrected chi connectivity index (χ2v) is 7.33. The largest absolute Gasteiger partial charge is 0.384 e. The molecule has 1 aliphatic heterocycles. The molecule has 1 aliphatic rings. The van der Waals surface area contributed by atoms with E-state index in [2.05, 4.69) is 12.2 Å². The fourth-order valence-electron chi connectivity index (χ4n) is 2.37. The molecule has 0 aromatic carbocycles. The summed E-state index contributed by atoms with van der Waals surface area (Å²) in [5.74, 6) is 0.924. The zero-order valence-electron chi connectivity index (χ0n) is 11.7. The van der Waals surface area contributed by atoms with Crippen molar-refractivity contribution in [3.05, 3.63) is 0 Å². The Bertz CT molecular complexity index is 332. The molecule has 5 nitrogen and oxygen atoms in total. The molecular formula is C12H26N2O3S. The van der Waals surface area contributed by atoms with Crippen molar-refractivity contribution in [2.24, 2.45) is 11.8 Å². The first-order chi connectivity index (χ1) is 8.43. The molecule has 6 heteroatoms. The van der Waals surface area contributed by atoms with E-state index in [1.807, 2.05) is 0 Å². The molecule has 1 heterocycles. The fourth-order valence-corrected chi connectivity index (χ4v) is 3.31. The molecule has 0 saturated carbocycles. The molecule has 2 atom stereocenters. The van der Waals surface area contributed by atoms with Crippen molar-refractivity contribution >= 4 is 10.0 Å². The Labute approximate surface area is 111 Å². The highest BCUT2D eigenvalue weighted by Gasteiger charge is 2.25. The monoisotopic (exact) mass is 278 g/mol. The Kier molecular flexibility index (Phi) is 6.55. The molecule has 0 spiro atoms. The standard InChI is InChI=1S/C12H26N2O3S/c1-11(10-17-2)7-13-8-12-5-4-6-14(9-12)18(3,15)16/h11-13H,4-10H2,1-3H3. The lowest BCUT2D eigenvalue weighted by molar-refractivity contribution is 0.156. The van der Waals surface area contributed by atoms with Crippen LogP contribution in [0.15, 0.2) is 0 Å². The van der Waals surface area contributed by atoms with Gasteiger partial charge in [-0.2, -0.15) is 0 Å². The summed E-state index contributed by atoms with van der Waals surface area (Å²) in [6, 6.07) is 0. The molecule has 18 heavy (non-hydrogen) atoms.